The lowest BCUT2D eigenvalue weighted by atomic mass is 10.0. The highest BCUT2D eigenvalue weighted by Gasteiger charge is 2.58. The first-order valence-electron chi connectivity index (χ1n) is 6.33. The lowest BCUT2D eigenvalue weighted by Gasteiger charge is -2.24. The van der Waals surface area contributed by atoms with Gasteiger partial charge in [0.1, 0.15) is 6.23 Å². The fraction of sp³-hybridized carbons (Fsp3) is 0.636. The molecule has 10 nitrogen and oxygen atoms in total. The Labute approximate surface area is 118 Å². The number of quaternary nitrogens is 1. The fourth-order valence-corrected chi connectivity index (χ4v) is 2.55. The maximum atomic E-state index is 11.9. The van der Waals surface area contributed by atoms with E-state index in [4.69, 9.17) is 0 Å². The molecule has 3 unspecified atom stereocenters. The van der Waals surface area contributed by atoms with Crippen LogP contribution in [0.1, 0.15) is 25.7 Å². The predicted molar refractivity (Wildman–Crippen MR) is 58.2 cm³/mol. The molecule has 3 atom stereocenters. The molecule has 2 N–H and O–H groups in total. The van der Waals surface area contributed by atoms with Crippen LogP contribution in [0.4, 0.5) is 4.79 Å². The van der Waals surface area contributed by atoms with E-state index in [0.29, 0.717) is 19.4 Å². The minimum atomic E-state index is -2.34. The molecule has 0 radical (unpaired) electrons. The van der Waals surface area contributed by atoms with Crippen LogP contribution in [0.3, 0.4) is 0 Å². The van der Waals surface area contributed by atoms with Crippen LogP contribution in [-0.2, 0) is 19.2 Å². The third-order valence-electron chi connectivity index (χ3n) is 3.58. The third kappa shape index (κ3) is 2.73. The van der Waals surface area contributed by atoms with Crippen molar-refractivity contribution in [1.29, 1.82) is 0 Å². The topological polar surface area (TPSA) is 144 Å². The molecule has 116 valence electrons. The number of aliphatic hydroxyl groups excluding tert-OH is 1. The van der Waals surface area contributed by atoms with Crippen molar-refractivity contribution in [2.75, 3.05) is 6.54 Å². The molecule has 0 spiro atoms. The van der Waals surface area contributed by atoms with Crippen molar-refractivity contribution in [2.45, 2.75) is 31.9 Å². The van der Waals surface area contributed by atoms with E-state index in [0.717, 1.165) is 0 Å². The first kappa shape index (κ1) is 15.4. The van der Waals surface area contributed by atoms with Gasteiger partial charge in [-0.3, -0.25) is 4.79 Å². The molecule has 2 heterocycles. The molecular formula is C11H14N2O8. The summed E-state index contributed by atoms with van der Waals surface area (Å²) in [6, 6.07) is 0. The number of nitrogens with zero attached hydrogens (tertiary/aromatic N) is 2. The summed E-state index contributed by atoms with van der Waals surface area (Å²) in [7, 11) is 0. The normalized spacial score (nSPS) is 30.9. The number of hydrogen-bond donors (Lipinski definition) is 2. The Morgan fingerprint density at radius 2 is 2.14 bits per heavy atom. The number of hydroxylamine groups is 4. The van der Waals surface area contributed by atoms with Crippen LogP contribution in [0, 0.1) is 5.92 Å². The zero-order chi connectivity index (χ0) is 15.8. The van der Waals surface area contributed by atoms with Gasteiger partial charge in [-0.1, -0.05) is 0 Å². The van der Waals surface area contributed by atoms with E-state index >= 15 is 0 Å². The number of hydrogen-bond acceptors (Lipinski definition) is 8. The molecule has 0 bridgehead atoms. The number of carbonyl (C=O) groups excluding carboxylic acids is 4. The summed E-state index contributed by atoms with van der Waals surface area (Å²) in [5.74, 6) is -3.80. The fourth-order valence-electron chi connectivity index (χ4n) is 2.55. The molecule has 0 saturated carbocycles. The summed E-state index contributed by atoms with van der Waals surface area (Å²) in [5, 5.41) is 29.9. The molecule has 0 aromatic rings. The quantitative estimate of drug-likeness (QED) is 0.340. The number of carboxylic acid groups (broad SMARTS) is 1. The lowest BCUT2D eigenvalue weighted by molar-refractivity contribution is -1.12. The van der Waals surface area contributed by atoms with Crippen LogP contribution in [0.25, 0.3) is 0 Å². The molecule has 2 rings (SSSR count). The minimum Gasteiger partial charge on any atom is -0.422 e. The molecule has 2 saturated heterocycles. The maximum Gasteiger partial charge on any atom is 0.388 e. The van der Waals surface area contributed by atoms with Gasteiger partial charge >= 0.3 is 18.0 Å². The molecule has 2 fully saturated rings. The number of aliphatic hydroxyl groups is 1. The summed E-state index contributed by atoms with van der Waals surface area (Å²) >= 11 is 0. The van der Waals surface area contributed by atoms with Gasteiger partial charge in [-0.25, -0.2) is 9.59 Å². The second-order valence-corrected chi connectivity index (χ2v) is 4.96. The Morgan fingerprint density at radius 3 is 2.67 bits per heavy atom. The summed E-state index contributed by atoms with van der Waals surface area (Å²) in [4.78, 5) is 47.8. The molecule has 10 heteroatoms. The SMILES string of the molecule is O=C([O-])O[N+]1(O)C(=O)CC(CC(O)N2CCCC2=O)C1=O. The van der Waals surface area contributed by atoms with Crippen LogP contribution in [0.15, 0.2) is 0 Å². The standard InChI is InChI=1S/C11H14N2O8/c14-7-2-1-3-12(7)8(15)4-6-5-9(16)13(20,10(6)17)21-11(18)19/h6,8,15,20H,1-5H2. The number of amides is 3. The Hall–Kier alpha value is -2.04. The monoisotopic (exact) mass is 302 g/mol. The van der Waals surface area contributed by atoms with Crippen LogP contribution in [0.2, 0.25) is 0 Å². The van der Waals surface area contributed by atoms with Crippen molar-refractivity contribution in [1.82, 2.24) is 4.90 Å². The Bertz CT molecular complexity index is 506. The van der Waals surface area contributed by atoms with Gasteiger partial charge in [-0.15, -0.1) is 0 Å². The second kappa shape index (κ2) is 5.39. The number of imide groups is 1. The van der Waals surface area contributed by atoms with Crippen molar-refractivity contribution in [3.8, 4) is 0 Å². The lowest BCUT2D eigenvalue weighted by Crippen LogP contribution is -2.53. The van der Waals surface area contributed by atoms with Crippen molar-refractivity contribution in [3.05, 3.63) is 0 Å². The minimum absolute atomic E-state index is 0.269. The van der Waals surface area contributed by atoms with Gasteiger partial charge in [0, 0.05) is 19.4 Å². The molecule has 0 aromatic heterocycles. The van der Waals surface area contributed by atoms with E-state index < -0.39 is 41.3 Å². The molecular weight excluding hydrogens is 288 g/mol. The highest BCUT2D eigenvalue weighted by molar-refractivity contribution is 5.92. The van der Waals surface area contributed by atoms with Crippen molar-refractivity contribution >= 4 is 23.9 Å². The van der Waals surface area contributed by atoms with Gasteiger partial charge in [0.15, 0.2) is 0 Å². The summed E-state index contributed by atoms with van der Waals surface area (Å²) in [6.07, 6.45) is -3.41. The molecule has 2 aliphatic heterocycles. The average Bonchev–Trinajstić information content (AvgIpc) is 2.88. The van der Waals surface area contributed by atoms with Crippen LogP contribution >= 0.6 is 0 Å². The number of likely N-dealkylation sites (tertiary alicyclic amines) is 1. The first-order chi connectivity index (χ1) is 9.75. The van der Waals surface area contributed by atoms with Crippen LogP contribution in [0.5, 0.6) is 0 Å². The Balaban J connectivity index is 2.05. The molecule has 21 heavy (non-hydrogen) atoms. The summed E-state index contributed by atoms with van der Waals surface area (Å²) in [5.41, 5.74) is 0. The van der Waals surface area contributed by atoms with E-state index in [-0.39, 0.29) is 12.3 Å². The van der Waals surface area contributed by atoms with Gasteiger partial charge in [-0.2, -0.15) is 5.21 Å². The van der Waals surface area contributed by atoms with Crippen molar-refractivity contribution in [2.24, 2.45) is 5.92 Å². The van der Waals surface area contributed by atoms with Gasteiger partial charge in [0.2, 0.25) is 5.91 Å². The van der Waals surface area contributed by atoms with E-state index in [1.807, 2.05) is 0 Å². The molecule has 3 amide bonds. The average molecular weight is 302 g/mol. The smallest absolute Gasteiger partial charge is 0.388 e. The highest BCUT2D eigenvalue weighted by atomic mass is 17.0. The van der Waals surface area contributed by atoms with E-state index in [1.54, 1.807) is 0 Å². The molecule has 2 aliphatic rings. The number of carbonyl (C=O) groups is 4. The maximum absolute atomic E-state index is 11.9. The van der Waals surface area contributed by atoms with Crippen molar-refractivity contribution in [3.63, 3.8) is 0 Å². The van der Waals surface area contributed by atoms with E-state index in [2.05, 4.69) is 4.84 Å². The van der Waals surface area contributed by atoms with Gasteiger partial charge in [0.25, 0.3) is 0 Å². The molecule has 0 aromatic carbocycles. The largest absolute Gasteiger partial charge is 0.422 e. The highest BCUT2D eigenvalue weighted by Crippen LogP contribution is 2.30. The predicted octanol–water partition coefficient (Wildman–Crippen LogP) is -2.13. The van der Waals surface area contributed by atoms with Gasteiger partial charge in [0.05, 0.1) is 17.1 Å². The van der Waals surface area contributed by atoms with Gasteiger partial charge in [-0.05, 0) is 6.42 Å². The van der Waals surface area contributed by atoms with Crippen molar-refractivity contribution < 1.29 is 44.2 Å². The zero-order valence-electron chi connectivity index (χ0n) is 10.9. The van der Waals surface area contributed by atoms with Crippen LogP contribution in [-0.4, -0.2) is 56.7 Å². The van der Waals surface area contributed by atoms with Crippen LogP contribution < -0.4 is 5.11 Å². The first-order valence-corrected chi connectivity index (χ1v) is 6.33. The van der Waals surface area contributed by atoms with E-state index in [9.17, 15) is 34.6 Å². The molecule has 0 aliphatic carbocycles. The second-order valence-electron chi connectivity index (χ2n) is 4.96. The Morgan fingerprint density at radius 1 is 1.48 bits per heavy atom. The third-order valence-corrected chi connectivity index (χ3v) is 3.58. The zero-order valence-corrected chi connectivity index (χ0v) is 10.9. The Kier molecular flexibility index (Phi) is 3.94. The van der Waals surface area contributed by atoms with E-state index in [1.165, 1.54) is 4.90 Å². The summed E-state index contributed by atoms with van der Waals surface area (Å²) < 4.78 is 0. The number of rotatable bonds is 4. The summed E-state index contributed by atoms with van der Waals surface area (Å²) in [6.45, 7) is 0.337. The van der Waals surface area contributed by atoms with Gasteiger partial charge < -0.3 is 24.7 Å².